The third kappa shape index (κ3) is 3.96. The van der Waals surface area contributed by atoms with E-state index >= 15 is 0 Å². The summed E-state index contributed by atoms with van der Waals surface area (Å²) >= 11 is 0. The molecule has 2 aliphatic rings. The molecule has 2 aliphatic carbocycles. The van der Waals surface area contributed by atoms with Crippen LogP contribution in [0, 0.1) is 17.8 Å². The van der Waals surface area contributed by atoms with Crippen molar-refractivity contribution in [3.05, 3.63) is 39.9 Å². The molecule has 0 aliphatic heterocycles. The summed E-state index contributed by atoms with van der Waals surface area (Å²) in [5.41, 5.74) is 6.33. The lowest BCUT2D eigenvalue weighted by Crippen LogP contribution is -2.33. The molecule has 1 amide bonds. The van der Waals surface area contributed by atoms with E-state index in [4.69, 9.17) is 5.73 Å². The minimum atomic E-state index is -4.10. The van der Waals surface area contributed by atoms with Gasteiger partial charge in [-0.1, -0.05) is 12.8 Å². The number of nitrogens with one attached hydrogen (secondary N) is 1. The molecule has 162 valence electrons. The van der Waals surface area contributed by atoms with Crippen LogP contribution in [0.4, 0.5) is 13.2 Å². The van der Waals surface area contributed by atoms with Crippen molar-refractivity contribution in [1.82, 2.24) is 9.97 Å². The van der Waals surface area contributed by atoms with E-state index in [1.807, 2.05) is 0 Å². The lowest BCUT2D eigenvalue weighted by molar-refractivity contribution is -0.185. The van der Waals surface area contributed by atoms with Crippen molar-refractivity contribution in [1.29, 1.82) is 0 Å². The van der Waals surface area contributed by atoms with E-state index in [-0.39, 0.29) is 47.1 Å². The van der Waals surface area contributed by atoms with Gasteiger partial charge in [0.1, 0.15) is 5.69 Å². The predicted molar refractivity (Wildman–Crippen MR) is 107 cm³/mol. The third-order valence-corrected chi connectivity index (χ3v) is 7.06. The van der Waals surface area contributed by atoms with Crippen LogP contribution in [0.1, 0.15) is 73.5 Å². The number of alkyl halides is 3. The van der Waals surface area contributed by atoms with Gasteiger partial charge in [0.25, 0.3) is 5.91 Å². The van der Waals surface area contributed by atoms with Crippen molar-refractivity contribution in [2.24, 2.45) is 23.5 Å². The Bertz CT molecular complexity index is 993. The molecule has 4 rings (SSSR count). The first-order valence-corrected chi connectivity index (χ1v) is 10.6. The first kappa shape index (κ1) is 20.9. The highest BCUT2D eigenvalue weighted by Gasteiger charge is 2.44. The van der Waals surface area contributed by atoms with Gasteiger partial charge in [0.15, 0.2) is 5.43 Å². The number of nitrogens with zero attached hydrogens (tertiary/aromatic N) is 1. The zero-order valence-corrected chi connectivity index (χ0v) is 16.7. The SMILES string of the molecule is NC(=O)c1nccc2[nH]c(C3CCCCC3C3CCC(C(F)(F)F)CC3)cc(=O)c12. The van der Waals surface area contributed by atoms with E-state index in [1.54, 1.807) is 6.07 Å². The van der Waals surface area contributed by atoms with Gasteiger partial charge in [-0.25, -0.2) is 0 Å². The average Bonchev–Trinajstić information content (AvgIpc) is 2.72. The lowest BCUT2D eigenvalue weighted by atomic mass is 9.65. The fourth-order valence-corrected chi connectivity index (χ4v) is 5.59. The first-order valence-electron chi connectivity index (χ1n) is 10.6. The molecular weight excluding hydrogens is 395 g/mol. The highest BCUT2D eigenvalue weighted by Crippen LogP contribution is 2.48. The largest absolute Gasteiger partial charge is 0.391 e. The lowest BCUT2D eigenvalue weighted by Gasteiger charge is -2.41. The number of carbonyl (C=O) groups excluding carboxylic acids is 1. The molecule has 0 aromatic carbocycles. The molecule has 8 heteroatoms. The molecule has 5 nitrogen and oxygen atoms in total. The van der Waals surface area contributed by atoms with Crippen LogP contribution in [0.15, 0.2) is 23.1 Å². The molecule has 2 unspecified atom stereocenters. The predicted octanol–water partition coefficient (Wildman–Crippen LogP) is 4.66. The van der Waals surface area contributed by atoms with Gasteiger partial charge < -0.3 is 10.7 Å². The molecule has 2 atom stereocenters. The number of H-pyrrole nitrogens is 1. The fourth-order valence-electron chi connectivity index (χ4n) is 5.59. The minimum absolute atomic E-state index is 0.0500. The maximum absolute atomic E-state index is 13.1. The van der Waals surface area contributed by atoms with Crippen LogP contribution in [0.3, 0.4) is 0 Å². The number of aromatic amines is 1. The number of nitrogens with two attached hydrogens (primary N) is 1. The van der Waals surface area contributed by atoms with Crippen molar-refractivity contribution in [2.75, 3.05) is 0 Å². The Kier molecular flexibility index (Phi) is 5.59. The molecule has 0 saturated heterocycles. The molecule has 2 aromatic heterocycles. The Morgan fingerprint density at radius 2 is 1.80 bits per heavy atom. The van der Waals surface area contributed by atoms with Gasteiger partial charge in [0, 0.05) is 23.9 Å². The summed E-state index contributed by atoms with van der Waals surface area (Å²) in [7, 11) is 0. The molecule has 2 fully saturated rings. The number of carbonyl (C=O) groups is 1. The fraction of sp³-hybridized carbons (Fsp3) is 0.591. The van der Waals surface area contributed by atoms with Gasteiger partial charge in [0.2, 0.25) is 0 Å². The van der Waals surface area contributed by atoms with Crippen LogP contribution < -0.4 is 11.2 Å². The first-order chi connectivity index (χ1) is 14.3. The molecule has 3 N–H and O–H groups in total. The van der Waals surface area contributed by atoms with Crippen LogP contribution >= 0.6 is 0 Å². The number of halogens is 3. The zero-order chi connectivity index (χ0) is 21.5. The van der Waals surface area contributed by atoms with Crippen molar-refractivity contribution in [3.8, 4) is 0 Å². The number of amides is 1. The van der Waals surface area contributed by atoms with Crippen LogP contribution in [-0.2, 0) is 0 Å². The zero-order valence-electron chi connectivity index (χ0n) is 16.7. The Labute approximate surface area is 172 Å². The van der Waals surface area contributed by atoms with Crippen molar-refractivity contribution in [2.45, 2.75) is 63.5 Å². The summed E-state index contributed by atoms with van der Waals surface area (Å²) in [5, 5.41) is 0.187. The number of hydrogen-bond acceptors (Lipinski definition) is 3. The molecule has 2 aromatic rings. The minimum Gasteiger partial charge on any atom is -0.364 e. The Morgan fingerprint density at radius 3 is 2.47 bits per heavy atom. The number of primary amides is 1. The molecule has 30 heavy (non-hydrogen) atoms. The molecule has 0 radical (unpaired) electrons. The number of rotatable bonds is 3. The molecule has 0 bridgehead atoms. The van der Waals surface area contributed by atoms with Crippen LogP contribution in [0.5, 0.6) is 0 Å². The smallest absolute Gasteiger partial charge is 0.364 e. The van der Waals surface area contributed by atoms with E-state index < -0.39 is 18.0 Å². The van der Waals surface area contributed by atoms with Gasteiger partial charge in [-0.15, -0.1) is 0 Å². The summed E-state index contributed by atoms with van der Waals surface area (Å²) in [6.07, 6.45) is 2.85. The number of hydrogen-bond donors (Lipinski definition) is 2. The molecule has 2 saturated carbocycles. The maximum atomic E-state index is 13.1. The number of fused-ring (bicyclic) bond motifs is 1. The Balaban J connectivity index is 1.63. The van der Waals surface area contributed by atoms with E-state index in [0.29, 0.717) is 18.4 Å². The summed E-state index contributed by atoms with van der Waals surface area (Å²) in [5.74, 6) is -1.33. The second kappa shape index (κ2) is 8.04. The number of aromatic nitrogens is 2. The van der Waals surface area contributed by atoms with Crippen molar-refractivity contribution >= 4 is 16.8 Å². The van der Waals surface area contributed by atoms with Crippen LogP contribution in [-0.4, -0.2) is 22.1 Å². The normalized spacial score (nSPS) is 27.8. The van der Waals surface area contributed by atoms with Crippen LogP contribution in [0.2, 0.25) is 0 Å². The standard InChI is InChI=1S/C22H26F3N3O2/c23-22(24,25)13-7-5-12(6-8-13)14-3-1-2-4-15(14)17-11-18(29)19-16(28-17)9-10-27-20(19)21(26)30/h9-15H,1-8H2,(H2,26,30)(H,28,29). The summed E-state index contributed by atoms with van der Waals surface area (Å²) in [4.78, 5) is 31.7. The van der Waals surface area contributed by atoms with Crippen LogP contribution in [0.25, 0.3) is 10.9 Å². The summed E-state index contributed by atoms with van der Waals surface area (Å²) < 4.78 is 39.2. The van der Waals surface area contributed by atoms with Crippen molar-refractivity contribution in [3.63, 3.8) is 0 Å². The maximum Gasteiger partial charge on any atom is 0.391 e. The number of pyridine rings is 2. The quantitative estimate of drug-likeness (QED) is 0.755. The van der Waals surface area contributed by atoms with Gasteiger partial charge in [0.05, 0.1) is 16.8 Å². The average molecular weight is 421 g/mol. The van der Waals surface area contributed by atoms with E-state index in [0.717, 1.165) is 31.4 Å². The molecular formula is C22H26F3N3O2. The van der Waals surface area contributed by atoms with Gasteiger partial charge >= 0.3 is 6.18 Å². The van der Waals surface area contributed by atoms with Gasteiger partial charge in [-0.05, 0) is 56.4 Å². The van der Waals surface area contributed by atoms with Gasteiger partial charge in [-0.2, -0.15) is 13.2 Å². The van der Waals surface area contributed by atoms with Gasteiger partial charge in [-0.3, -0.25) is 14.6 Å². The Hall–Kier alpha value is -2.38. The van der Waals surface area contributed by atoms with Crippen molar-refractivity contribution < 1.29 is 18.0 Å². The summed E-state index contributed by atoms with van der Waals surface area (Å²) in [6, 6.07) is 3.18. The highest BCUT2D eigenvalue weighted by atomic mass is 19.4. The van der Waals surface area contributed by atoms with E-state index in [1.165, 1.54) is 12.3 Å². The summed E-state index contributed by atoms with van der Waals surface area (Å²) in [6.45, 7) is 0. The second-order valence-corrected chi connectivity index (χ2v) is 8.74. The van der Waals surface area contributed by atoms with E-state index in [2.05, 4.69) is 9.97 Å². The molecule has 0 spiro atoms. The topological polar surface area (TPSA) is 88.8 Å². The highest BCUT2D eigenvalue weighted by molar-refractivity contribution is 6.03. The second-order valence-electron chi connectivity index (χ2n) is 8.74. The van der Waals surface area contributed by atoms with E-state index in [9.17, 15) is 22.8 Å². The Morgan fingerprint density at radius 1 is 1.10 bits per heavy atom. The monoisotopic (exact) mass is 421 g/mol. The third-order valence-electron chi connectivity index (χ3n) is 7.06. The molecule has 2 heterocycles.